The van der Waals surface area contributed by atoms with Crippen molar-refractivity contribution in [3.05, 3.63) is 0 Å². The maximum absolute atomic E-state index is 5.78. The maximum Gasteiger partial charge on any atom is 0.0593 e. The average molecular weight is 268 g/mol. The Morgan fingerprint density at radius 3 is 2.63 bits per heavy atom. The summed E-state index contributed by atoms with van der Waals surface area (Å²) in [6.07, 6.45) is 9.65. The van der Waals surface area contributed by atoms with Crippen LogP contribution in [0.15, 0.2) is 0 Å². The highest BCUT2D eigenvalue weighted by molar-refractivity contribution is 4.85. The quantitative estimate of drug-likeness (QED) is 0.541. The van der Waals surface area contributed by atoms with E-state index in [2.05, 4.69) is 24.2 Å². The molecule has 2 aliphatic carbocycles. The molecule has 2 unspecified atom stereocenters. The molecule has 3 heteroatoms. The minimum absolute atomic E-state index is 0.681. The number of ether oxygens (including phenoxy) is 1. The van der Waals surface area contributed by atoms with Crippen LogP contribution in [0.25, 0.3) is 0 Å². The second-order valence-corrected chi connectivity index (χ2v) is 6.37. The monoisotopic (exact) mass is 268 g/mol. The van der Waals surface area contributed by atoms with E-state index in [1.807, 2.05) is 0 Å². The normalized spacial score (nSPS) is 28.6. The highest BCUT2D eigenvalue weighted by Crippen LogP contribution is 2.28. The van der Waals surface area contributed by atoms with Gasteiger partial charge < -0.3 is 10.1 Å². The number of nitrogens with zero attached hydrogens (tertiary/aromatic N) is 1. The van der Waals surface area contributed by atoms with Gasteiger partial charge in [0.15, 0.2) is 0 Å². The molecule has 3 nitrogen and oxygen atoms in total. The van der Waals surface area contributed by atoms with Gasteiger partial charge in [-0.1, -0.05) is 26.2 Å². The minimum Gasteiger partial charge on any atom is -0.380 e. The van der Waals surface area contributed by atoms with Crippen molar-refractivity contribution in [3.8, 4) is 0 Å². The summed E-state index contributed by atoms with van der Waals surface area (Å²) in [6.45, 7) is 6.30. The highest BCUT2D eigenvalue weighted by atomic mass is 16.5. The van der Waals surface area contributed by atoms with Crippen molar-refractivity contribution in [3.63, 3.8) is 0 Å². The highest BCUT2D eigenvalue weighted by Gasteiger charge is 2.26. The molecular formula is C16H32N2O. The molecule has 0 aromatic carbocycles. The predicted octanol–water partition coefficient (Wildman–Crippen LogP) is 2.66. The van der Waals surface area contributed by atoms with Gasteiger partial charge in [-0.25, -0.2) is 0 Å². The Labute approximate surface area is 119 Å². The van der Waals surface area contributed by atoms with E-state index in [4.69, 9.17) is 4.74 Å². The summed E-state index contributed by atoms with van der Waals surface area (Å²) < 4.78 is 5.78. The first kappa shape index (κ1) is 15.3. The Morgan fingerprint density at radius 2 is 1.89 bits per heavy atom. The Hall–Kier alpha value is -0.120. The Morgan fingerprint density at radius 1 is 1.11 bits per heavy atom. The van der Waals surface area contributed by atoms with Crippen molar-refractivity contribution in [2.75, 3.05) is 33.4 Å². The number of likely N-dealkylation sites (N-methyl/N-ethyl adjacent to an activating group) is 2. The fourth-order valence-corrected chi connectivity index (χ4v) is 3.22. The molecule has 2 fully saturated rings. The number of hydrogen-bond donors (Lipinski definition) is 1. The van der Waals surface area contributed by atoms with Crippen LogP contribution < -0.4 is 5.32 Å². The molecule has 2 saturated carbocycles. The van der Waals surface area contributed by atoms with E-state index < -0.39 is 0 Å². The fourth-order valence-electron chi connectivity index (χ4n) is 3.22. The Bertz CT molecular complexity index is 243. The Kier molecular flexibility index (Phi) is 6.62. The van der Waals surface area contributed by atoms with Crippen LogP contribution in [-0.2, 0) is 4.74 Å². The van der Waals surface area contributed by atoms with Gasteiger partial charge in [0.25, 0.3) is 0 Å². The van der Waals surface area contributed by atoms with Gasteiger partial charge in [-0.05, 0) is 45.2 Å². The van der Waals surface area contributed by atoms with Crippen molar-refractivity contribution in [2.45, 2.75) is 64.0 Å². The standard InChI is InChI=1S/C16H32N2O/c1-3-17-15-7-5-4-6-8-16(15)18(2)11-12-19-13-14-9-10-14/h14-17H,3-13H2,1-2H3. The van der Waals surface area contributed by atoms with Crippen LogP contribution in [0.5, 0.6) is 0 Å². The first-order valence-corrected chi connectivity index (χ1v) is 8.32. The summed E-state index contributed by atoms with van der Waals surface area (Å²) in [4.78, 5) is 2.53. The molecule has 0 spiro atoms. The zero-order valence-electron chi connectivity index (χ0n) is 12.9. The van der Waals surface area contributed by atoms with Crippen molar-refractivity contribution in [1.82, 2.24) is 10.2 Å². The third-order valence-electron chi connectivity index (χ3n) is 4.65. The van der Waals surface area contributed by atoms with Crippen molar-refractivity contribution in [1.29, 1.82) is 0 Å². The Balaban J connectivity index is 1.70. The lowest BCUT2D eigenvalue weighted by Crippen LogP contribution is -2.49. The molecule has 2 aliphatic rings. The smallest absolute Gasteiger partial charge is 0.0593 e. The van der Waals surface area contributed by atoms with Gasteiger partial charge in [0, 0.05) is 25.2 Å². The molecule has 112 valence electrons. The summed E-state index contributed by atoms with van der Waals surface area (Å²) in [5, 5.41) is 3.69. The van der Waals surface area contributed by atoms with E-state index in [9.17, 15) is 0 Å². The SMILES string of the molecule is CCNC1CCCCCC1N(C)CCOCC1CC1. The average Bonchev–Trinajstić information content (AvgIpc) is 3.22. The zero-order valence-corrected chi connectivity index (χ0v) is 12.9. The van der Waals surface area contributed by atoms with Gasteiger partial charge in [-0.2, -0.15) is 0 Å². The first-order chi connectivity index (χ1) is 9.31. The second-order valence-electron chi connectivity index (χ2n) is 6.37. The molecule has 0 saturated heterocycles. The molecule has 0 aromatic rings. The van der Waals surface area contributed by atoms with Gasteiger partial charge in [0.05, 0.1) is 6.61 Å². The van der Waals surface area contributed by atoms with E-state index in [1.165, 1.54) is 44.9 Å². The fraction of sp³-hybridized carbons (Fsp3) is 1.00. The van der Waals surface area contributed by atoms with E-state index in [-0.39, 0.29) is 0 Å². The molecule has 0 heterocycles. The lowest BCUT2D eigenvalue weighted by atomic mass is 10.0. The van der Waals surface area contributed by atoms with Crippen LogP contribution in [0.2, 0.25) is 0 Å². The molecule has 0 aliphatic heterocycles. The number of nitrogens with one attached hydrogen (secondary N) is 1. The van der Waals surface area contributed by atoms with E-state index in [0.717, 1.165) is 32.2 Å². The number of hydrogen-bond acceptors (Lipinski definition) is 3. The summed E-state index contributed by atoms with van der Waals surface area (Å²) in [5.74, 6) is 0.887. The zero-order chi connectivity index (χ0) is 13.5. The summed E-state index contributed by atoms with van der Waals surface area (Å²) in [5.41, 5.74) is 0. The summed E-state index contributed by atoms with van der Waals surface area (Å²) >= 11 is 0. The summed E-state index contributed by atoms with van der Waals surface area (Å²) in [6, 6.07) is 1.38. The largest absolute Gasteiger partial charge is 0.380 e. The first-order valence-electron chi connectivity index (χ1n) is 8.32. The molecule has 1 N–H and O–H groups in total. The van der Waals surface area contributed by atoms with Crippen LogP contribution >= 0.6 is 0 Å². The van der Waals surface area contributed by atoms with Gasteiger partial charge in [-0.3, -0.25) is 4.90 Å². The van der Waals surface area contributed by atoms with Crippen LogP contribution in [0.3, 0.4) is 0 Å². The van der Waals surface area contributed by atoms with Gasteiger partial charge in [0.2, 0.25) is 0 Å². The second kappa shape index (κ2) is 8.23. The molecule has 2 atom stereocenters. The van der Waals surface area contributed by atoms with Crippen molar-refractivity contribution in [2.24, 2.45) is 5.92 Å². The van der Waals surface area contributed by atoms with Crippen LogP contribution in [0, 0.1) is 5.92 Å². The maximum atomic E-state index is 5.78. The van der Waals surface area contributed by atoms with Crippen LogP contribution in [-0.4, -0.2) is 50.3 Å². The summed E-state index contributed by atoms with van der Waals surface area (Å²) in [7, 11) is 2.28. The van der Waals surface area contributed by atoms with E-state index in [1.54, 1.807) is 0 Å². The van der Waals surface area contributed by atoms with Gasteiger partial charge >= 0.3 is 0 Å². The van der Waals surface area contributed by atoms with Gasteiger partial charge in [-0.15, -0.1) is 0 Å². The molecular weight excluding hydrogens is 236 g/mol. The lowest BCUT2D eigenvalue weighted by Gasteiger charge is -2.34. The van der Waals surface area contributed by atoms with Crippen LogP contribution in [0.1, 0.15) is 51.9 Å². The minimum atomic E-state index is 0.681. The van der Waals surface area contributed by atoms with E-state index >= 15 is 0 Å². The molecule has 0 radical (unpaired) electrons. The molecule has 0 bridgehead atoms. The molecule has 0 aromatic heterocycles. The lowest BCUT2D eigenvalue weighted by molar-refractivity contribution is 0.0819. The van der Waals surface area contributed by atoms with Crippen LogP contribution in [0.4, 0.5) is 0 Å². The molecule has 19 heavy (non-hydrogen) atoms. The molecule has 0 amide bonds. The third-order valence-corrected chi connectivity index (χ3v) is 4.65. The van der Waals surface area contributed by atoms with E-state index in [0.29, 0.717) is 12.1 Å². The van der Waals surface area contributed by atoms with Crippen molar-refractivity contribution >= 4 is 0 Å². The predicted molar refractivity (Wildman–Crippen MR) is 80.5 cm³/mol. The van der Waals surface area contributed by atoms with Crippen molar-refractivity contribution < 1.29 is 4.74 Å². The number of rotatable bonds is 8. The molecule has 2 rings (SSSR count). The van der Waals surface area contributed by atoms with Gasteiger partial charge in [0.1, 0.15) is 0 Å². The topological polar surface area (TPSA) is 24.5 Å². The third kappa shape index (κ3) is 5.41.